The predicted octanol–water partition coefficient (Wildman–Crippen LogP) is 0.133. The summed E-state index contributed by atoms with van der Waals surface area (Å²) in [5.41, 5.74) is 0.330. The molecule has 0 saturated carbocycles. The van der Waals surface area contributed by atoms with Gasteiger partial charge in [-0.05, 0) is 12.5 Å². The van der Waals surface area contributed by atoms with Crippen molar-refractivity contribution >= 4 is 17.6 Å². The quantitative estimate of drug-likeness (QED) is 0.493. The van der Waals surface area contributed by atoms with E-state index < -0.39 is 5.97 Å². The SMILES string of the molecule is CCCCCCCCCC(=O)Nc1ccccc1C(=O)[O-].[Na+]. The average molecular weight is 313 g/mol. The van der Waals surface area contributed by atoms with Gasteiger partial charge in [0.15, 0.2) is 0 Å². The molecule has 0 spiro atoms. The van der Waals surface area contributed by atoms with Gasteiger partial charge in [0.1, 0.15) is 0 Å². The summed E-state index contributed by atoms with van der Waals surface area (Å²) in [6.07, 6.45) is 8.47. The maximum atomic E-state index is 11.8. The van der Waals surface area contributed by atoms with Crippen molar-refractivity contribution in [3.8, 4) is 0 Å². The van der Waals surface area contributed by atoms with Crippen LogP contribution in [0.4, 0.5) is 5.69 Å². The molecule has 1 rings (SSSR count). The fourth-order valence-electron chi connectivity index (χ4n) is 2.23. The van der Waals surface area contributed by atoms with E-state index in [0.717, 1.165) is 19.3 Å². The summed E-state index contributed by atoms with van der Waals surface area (Å²) in [5, 5.41) is 13.6. The van der Waals surface area contributed by atoms with Gasteiger partial charge in [0.25, 0.3) is 0 Å². The van der Waals surface area contributed by atoms with Crippen LogP contribution in [0, 0.1) is 0 Å². The number of carbonyl (C=O) groups is 2. The van der Waals surface area contributed by atoms with E-state index in [0.29, 0.717) is 12.1 Å². The number of benzene rings is 1. The van der Waals surface area contributed by atoms with Gasteiger partial charge in [-0.2, -0.15) is 0 Å². The molecule has 0 atom stereocenters. The molecule has 1 aromatic carbocycles. The number of aromatic carboxylic acids is 1. The Bertz CT molecular complexity index is 463. The minimum atomic E-state index is -1.28. The molecular weight excluding hydrogens is 289 g/mol. The molecule has 0 fully saturated rings. The number of carbonyl (C=O) groups excluding carboxylic acids is 2. The number of rotatable bonds is 10. The molecule has 4 nitrogen and oxygen atoms in total. The first kappa shape index (κ1) is 21.2. The maximum absolute atomic E-state index is 11.8. The summed E-state index contributed by atoms with van der Waals surface area (Å²) in [4.78, 5) is 22.7. The second-order valence-corrected chi connectivity index (χ2v) is 5.25. The molecule has 1 aromatic rings. The van der Waals surface area contributed by atoms with Crippen LogP contribution in [0.2, 0.25) is 0 Å². The number of nitrogens with one attached hydrogen (secondary N) is 1. The molecule has 1 N–H and O–H groups in total. The van der Waals surface area contributed by atoms with E-state index in [9.17, 15) is 14.7 Å². The molecule has 22 heavy (non-hydrogen) atoms. The number of carboxylic acid groups (broad SMARTS) is 1. The van der Waals surface area contributed by atoms with Crippen molar-refractivity contribution in [2.45, 2.75) is 58.3 Å². The average Bonchev–Trinajstić information content (AvgIpc) is 2.46. The first-order valence-electron chi connectivity index (χ1n) is 7.75. The summed E-state index contributed by atoms with van der Waals surface area (Å²) >= 11 is 0. The molecule has 5 heteroatoms. The third-order valence-corrected chi connectivity index (χ3v) is 3.43. The van der Waals surface area contributed by atoms with E-state index in [-0.39, 0.29) is 41.0 Å². The third-order valence-electron chi connectivity index (χ3n) is 3.43. The van der Waals surface area contributed by atoms with Crippen LogP contribution in [0.5, 0.6) is 0 Å². The molecule has 116 valence electrons. The van der Waals surface area contributed by atoms with Crippen molar-refractivity contribution in [1.82, 2.24) is 0 Å². The van der Waals surface area contributed by atoms with Gasteiger partial charge in [-0.1, -0.05) is 63.6 Å². The van der Waals surface area contributed by atoms with E-state index in [2.05, 4.69) is 12.2 Å². The number of carboxylic acids is 1. The van der Waals surface area contributed by atoms with Crippen LogP contribution in [-0.2, 0) is 4.79 Å². The number of hydrogen-bond acceptors (Lipinski definition) is 3. The number of unbranched alkanes of at least 4 members (excludes halogenated alkanes) is 6. The number of amides is 1. The van der Waals surface area contributed by atoms with Crippen LogP contribution in [0.1, 0.15) is 68.6 Å². The molecule has 0 radical (unpaired) electrons. The molecular formula is C17H24NNaO3. The Kier molecular flexibility index (Phi) is 12.2. The summed E-state index contributed by atoms with van der Waals surface area (Å²) in [7, 11) is 0. The van der Waals surface area contributed by atoms with Gasteiger partial charge >= 0.3 is 29.6 Å². The van der Waals surface area contributed by atoms with Gasteiger partial charge in [-0.15, -0.1) is 0 Å². The smallest absolute Gasteiger partial charge is 0.545 e. The van der Waals surface area contributed by atoms with Crippen LogP contribution in [0.25, 0.3) is 0 Å². The Morgan fingerprint density at radius 2 is 1.59 bits per heavy atom. The molecule has 1 amide bonds. The Balaban J connectivity index is 0.00000441. The minimum absolute atomic E-state index is 0. The van der Waals surface area contributed by atoms with Crippen molar-refractivity contribution in [2.75, 3.05) is 5.32 Å². The normalized spacial score (nSPS) is 9.86. The first-order valence-corrected chi connectivity index (χ1v) is 7.75. The number of para-hydroxylation sites is 1. The van der Waals surface area contributed by atoms with Gasteiger partial charge in [0.2, 0.25) is 5.91 Å². The molecule has 0 bridgehead atoms. The van der Waals surface area contributed by atoms with E-state index in [4.69, 9.17) is 0 Å². The maximum Gasteiger partial charge on any atom is 1.00 e. The number of anilines is 1. The Morgan fingerprint density at radius 3 is 2.23 bits per heavy atom. The van der Waals surface area contributed by atoms with Crippen molar-refractivity contribution in [3.05, 3.63) is 29.8 Å². The van der Waals surface area contributed by atoms with Crippen molar-refractivity contribution in [2.24, 2.45) is 0 Å². The molecule has 0 aliphatic carbocycles. The summed E-state index contributed by atoms with van der Waals surface area (Å²) < 4.78 is 0. The molecule has 0 saturated heterocycles. The summed E-state index contributed by atoms with van der Waals surface area (Å²) in [6.45, 7) is 2.19. The van der Waals surface area contributed by atoms with Gasteiger partial charge < -0.3 is 15.2 Å². The zero-order chi connectivity index (χ0) is 15.5. The van der Waals surface area contributed by atoms with Crippen LogP contribution < -0.4 is 40.0 Å². The fourth-order valence-corrected chi connectivity index (χ4v) is 2.23. The van der Waals surface area contributed by atoms with E-state index in [1.54, 1.807) is 18.2 Å². The monoisotopic (exact) mass is 313 g/mol. The second-order valence-electron chi connectivity index (χ2n) is 5.25. The third kappa shape index (κ3) is 8.57. The van der Waals surface area contributed by atoms with Crippen LogP contribution >= 0.6 is 0 Å². The zero-order valence-electron chi connectivity index (χ0n) is 13.7. The Morgan fingerprint density at radius 1 is 1.00 bits per heavy atom. The number of hydrogen-bond donors (Lipinski definition) is 1. The molecule has 0 heterocycles. The van der Waals surface area contributed by atoms with Crippen LogP contribution in [0.3, 0.4) is 0 Å². The van der Waals surface area contributed by atoms with Crippen LogP contribution in [0.15, 0.2) is 24.3 Å². The van der Waals surface area contributed by atoms with Crippen molar-refractivity contribution < 1.29 is 44.3 Å². The first-order chi connectivity index (χ1) is 10.1. The molecule has 0 unspecified atom stereocenters. The summed E-state index contributed by atoms with van der Waals surface area (Å²) in [6, 6.07) is 6.30. The largest absolute Gasteiger partial charge is 1.00 e. The fraction of sp³-hybridized carbons (Fsp3) is 0.529. The van der Waals surface area contributed by atoms with Crippen molar-refractivity contribution in [3.63, 3.8) is 0 Å². The Hall–Kier alpha value is -0.840. The van der Waals surface area contributed by atoms with Gasteiger partial charge in [-0.3, -0.25) is 4.79 Å². The predicted molar refractivity (Wildman–Crippen MR) is 82.0 cm³/mol. The second kappa shape index (κ2) is 12.7. The van der Waals surface area contributed by atoms with Gasteiger partial charge in [0, 0.05) is 17.7 Å². The topological polar surface area (TPSA) is 69.2 Å². The zero-order valence-corrected chi connectivity index (χ0v) is 15.7. The van der Waals surface area contributed by atoms with E-state index in [1.807, 2.05) is 0 Å². The Labute approximate surface area is 155 Å². The molecule has 0 aromatic heterocycles. The van der Waals surface area contributed by atoms with E-state index >= 15 is 0 Å². The van der Waals surface area contributed by atoms with Gasteiger partial charge in [0.05, 0.1) is 5.97 Å². The standard InChI is InChI=1S/C17H25NO3.Na/c1-2-3-4-5-6-7-8-13-16(19)18-15-12-10-9-11-14(15)17(20)21;/h9-12H,2-8,13H2,1H3,(H,18,19)(H,20,21);/q;+1/p-1. The minimum Gasteiger partial charge on any atom is -0.545 e. The van der Waals surface area contributed by atoms with Crippen LogP contribution in [-0.4, -0.2) is 11.9 Å². The molecule has 0 aliphatic heterocycles. The molecule has 0 aliphatic rings. The summed E-state index contributed by atoms with van der Waals surface area (Å²) in [5.74, 6) is -1.42. The van der Waals surface area contributed by atoms with Gasteiger partial charge in [-0.25, -0.2) is 0 Å². The van der Waals surface area contributed by atoms with Crippen molar-refractivity contribution in [1.29, 1.82) is 0 Å². The van der Waals surface area contributed by atoms with E-state index in [1.165, 1.54) is 31.7 Å².